The third-order valence-electron chi connectivity index (χ3n) is 3.05. The highest BCUT2D eigenvalue weighted by Crippen LogP contribution is 2.09. The maximum Gasteiger partial charge on any atom is 0.328 e. The Labute approximate surface area is 134 Å². The van der Waals surface area contributed by atoms with E-state index in [-0.39, 0.29) is 11.9 Å². The number of nitrogen functional groups attached to an aromatic ring is 1. The van der Waals surface area contributed by atoms with Crippen LogP contribution in [0.25, 0.3) is 0 Å². The summed E-state index contributed by atoms with van der Waals surface area (Å²) in [6, 6.07) is 5.73. The second-order valence-electron chi connectivity index (χ2n) is 4.72. The Balaban J connectivity index is 2.65. The van der Waals surface area contributed by atoms with Gasteiger partial charge in [0.2, 0.25) is 0 Å². The number of rotatable bonds is 8. The van der Waals surface area contributed by atoms with E-state index in [1.165, 1.54) is 7.11 Å². The predicted molar refractivity (Wildman–Crippen MR) is 87.4 cm³/mol. The second-order valence-corrected chi connectivity index (χ2v) is 4.72. The molecule has 23 heavy (non-hydrogen) atoms. The van der Waals surface area contributed by atoms with Crippen molar-refractivity contribution in [3.63, 3.8) is 0 Å². The van der Waals surface area contributed by atoms with Crippen LogP contribution in [0.3, 0.4) is 0 Å². The van der Waals surface area contributed by atoms with Crippen molar-refractivity contribution in [2.24, 2.45) is 22.3 Å². The van der Waals surface area contributed by atoms with Gasteiger partial charge in [-0.05, 0) is 37.1 Å². The number of nitrogens with one attached hydrogen (secondary N) is 2. The topological polar surface area (TPSA) is 158 Å². The number of hydrazine groups is 1. The van der Waals surface area contributed by atoms with Crippen LogP contribution in [0.1, 0.15) is 23.2 Å². The zero-order chi connectivity index (χ0) is 17.2. The molecule has 0 aromatic heterocycles. The van der Waals surface area contributed by atoms with E-state index >= 15 is 0 Å². The summed E-state index contributed by atoms with van der Waals surface area (Å²) in [6.45, 7) is 0.364. The third kappa shape index (κ3) is 6.22. The second kappa shape index (κ2) is 9.26. The van der Waals surface area contributed by atoms with Gasteiger partial charge < -0.3 is 26.9 Å². The van der Waals surface area contributed by atoms with Crippen LogP contribution in [0.4, 0.5) is 5.69 Å². The highest BCUT2D eigenvalue weighted by Gasteiger charge is 2.21. The van der Waals surface area contributed by atoms with Gasteiger partial charge in [-0.2, -0.15) is 0 Å². The SMILES string of the molecule is COC(=O)C(CCCN=C(N)N)NC(=O)c1ccc(NN)cc1. The number of carbonyl (C=O) groups excluding carboxylic acids is 2. The summed E-state index contributed by atoms with van der Waals surface area (Å²) in [4.78, 5) is 27.8. The maximum atomic E-state index is 12.2. The molecule has 0 fully saturated rings. The summed E-state index contributed by atoms with van der Waals surface area (Å²) in [7, 11) is 1.26. The molecule has 1 amide bonds. The van der Waals surface area contributed by atoms with E-state index in [0.29, 0.717) is 30.6 Å². The first-order valence-electron chi connectivity index (χ1n) is 6.98. The van der Waals surface area contributed by atoms with Crippen LogP contribution < -0.4 is 28.1 Å². The van der Waals surface area contributed by atoms with Crippen LogP contribution in [-0.2, 0) is 9.53 Å². The minimum Gasteiger partial charge on any atom is -0.467 e. The molecule has 8 N–H and O–H groups in total. The summed E-state index contributed by atoms with van der Waals surface area (Å²) in [6.07, 6.45) is 0.881. The van der Waals surface area contributed by atoms with E-state index in [0.717, 1.165) is 0 Å². The molecule has 0 aliphatic carbocycles. The molecule has 0 aliphatic rings. The van der Waals surface area contributed by atoms with Crippen LogP contribution in [0, 0.1) is 0 Å². The van der Waals surface area contributed by atoms with E-state index in [1.54, 1.807) is 24.3 Å². The molecule has 9 heteroatoms. The lowest BCUT2D eigenvalue weighted by atomic mass is 10.1. The molecule has 0 spiro atoms. The van der Waals surface area contributed by atoms with Gasteiger partial charge in [-0.3, -0.25) is 15.6 Å². The standard InChI is InChI=1S/C14H22N6O3/c1-23-13(22)11(3-2-8-18-14(15)16)19-12(21)9-4-6-10(20-17)7-5-9/h4-7,11,20H,2-3,8,17H2,1H3,(H,19,21)(H4,15,16,18). The number of anilines is 1. The monoisotopic (exact) mass is 322 g/mol. The summed E-state index contributed by atoms with van der Waals surface area (Å²) >= 11 is 0. The van der Waals surface area contributed by atoms with Crippen molar-refractivity contribution < 1.29 is 14.3 Å². The maximum absolute atomic E-state index is 12.2. The Hall–Kier alpha value is -2.81. The minimum absolute atomic E-state index is 0.0164. The largest absolute Gasteiger partial charge is 0.467 e. The van der Waals surface area contributed by atoms with Gasteiger partial charge >= 0.3 is 5.97 Å². The van der Waals surface area contributed by atoms with Gasteiger partial charge in [-0.25, -0.2) is 4.79 Å². The number of aliphatic imine (C=N–C) groups is 1. The number of benzene rings is 1. The van der Waals surface area contributed by atoms with Crippen LogP contribution in [0.15, 0.2) is 29.3 Å². The van der Waals surface area contributed by atoms with Crippen molar-refractivity contribution in [1.29, 1.82) is 0 Å². The number of amides is 1. The lowest BCUT2D eigenvalue weighted by Crippen LogP contribution is -2.41. The van der Waals surface area contributed by atoms with E-state index in [1.807, 2.05) is 0 Å². The van der Waals surface area contributed by atoms with Crippen molar-refractivity contribution in [2.45, 2.75) is 18.9 Å². The van der Waals surface area contributed by atoms with Gasteiger partial charge in [-0.15, -0.1) is 0 Å². The molecule has 0 aliphatic heterocycles. The number of guanidine groups is 1. The number of ether oxygens (including phenoxy) is 1. The smallest absolute Gasteiger partial charge is 0.328 e. The van der Waals surface area contributed by atoms with Gasteiger partial charge in [0, 0.05) is 17.8 Å². The van der Waals surface area contributed by atoms with Crippen molar-refractivity contribution in [1.82, 2.24) is 5.32 Å². The summed E-state index contributed by atoms with van der Waals surface area (Å²) in [5, 5.41) is 2.63. The third-order valence-corrected chi connectivity index (χ3v) is 3.05. The molecule has 1 rings (SSSR count). The van der Waals surface area contributed by atoms with Gasteiger partial charge in [0.1, 0.15) is 6.04 Å². The molecule has 0 bridgehead atoms. The molecule has 0 radical (unpaired) electrons. The Morgan fingerprint density at radius 1 is 1.26 bits per heavy atom. The van der Waals surface area contributed by atoms with E-state index in [4.69, 9.17) is 22.0 Å². The summed E-state index contributed by atoms with van der Waals surface area (Å²) in [5.41, 5.74) is 14.0. The van der Waals surface area contributed by atoms with E-state index < -0.39 is 12.0 Å². The molecule has 126 valence electrons. The lowest BCUT2D eigenvalue weighted by molar-refractivity contribution is -0.143. The van der Waals surface area contributed by atoms with Crippen LogP contribution in [-0.4, -0.2) is 37.5 Å². The molecule has 0 heterocycles. The minimum atomic E-state index is -0.769. The van der Waals surface area contributed by atoms with Crippen molar-refractivity contribution in [3.05, 3.63) is 29.8 Å². The number of esters is 1. The number of nitrogens with zero attached hydrogens (tertiary/aromatic N) is 1. The van der Waals surface area contributed by atoms with Crippen molar-refractivity contribution in [3.8, 4) is 0 Å². The highest BCUT2D eigenvalue weighted by atomic mass is 16.5. The van der Waals surface area contributed by atoms with Gasteiger partial charge in [-0.1, -0.05) is 0 Å². The molecule has 0 saturated heterocycles. The lowest BCUT2D eigenvalue weighted by Gasteiger charge is -2.16. The fourth-order valence-electron chi connectivity index (χ4n) is 1.85. The first-order chi connectivity index (χ1) is 11.0. The first-order valence-corrected chi connectivity index (χ1v) is 6.98. The summed E-state index contributed by atoms with van der Waals surface area (Å²) < 4.78 is 4.70. The highest BCUT2D eigenvalue weighted by molar-refractivity contribution is 5.97. The molecular formula is C14H22N6O3. The number of hydrogen-bond acceptors (Lipinski definition) is 6. The van der Waals surface area contributed by atoms with E-state index in [2.05, 4.69) is 15.7 Å². The molecule has 1 aromatic rings. The van der Waals surface area contributed by atoms with Crippen LogP contribution in [0.5, 0.6) is 0 Å². The van der Waals surface area contributed by atoms with Gasteiger partial charge in [0.05, 0.1) is 7.11 Å². The molecule has 1 aromatic carbocycles. The Morgan fingerprint density at radius 2 is 1.91 bits per heavy atom. The molecule has 1 atom stereocenters. The Bertz CT molecular complexity index is 554. The quantitative estimate of drug-likeness (QED) is 0.106. The molecule has 1 unspecified atom stereocenters. The van der Waals surface area contributed by atoms with E-state index in [9.17, 15) is 9.59 Å². The number of hydrogen-bond donors (Lipinski definition) is 5. The molecule has 9 nitrogen and oxygen atoms in total. The fourth-order valence-corrected chi connectivity index (χ4v) is 1.85. The average molecular weight is 322 g/mol. The Kier molecular flexibility index (Phi) is 7.34. The van der Waals surface area contributed by atoms with Gasteiger partial charge in [0.15, 0.2) is 5.96 Å². The average Bonchev–Trinajstić information content (AvgIpc) is 2.56. The van der Waals surface area contributed by atoms with Crippen LogP contribution >= 0.6 is 0 Å². The van der Waals surface area contributed by atoms with Gasteiger partial charge in [0.25, 0.3) is 5.91 Å². The zero-order valence-corrected chi connectivity index (χ0v) is 12.9. The van der Waals surface area contributed by atoms with Crippen molar-refractivity contribution in [2.75, 3.05) is 19.1 Å². The molecule has 0 saturated carbocycles. The number of methoxy groups -OCH3 is 1. The van der Waals surface area contributed by atoms with Crippen molar-refractivity contribution >= 4 is 23.5 Å². The first kappa shape index (κ1) is 18.2. The molecular weight excluding hydrogens is 300 g/mol. The summed E-state index contributed by atoms with van der Waals surface area (Å²) in [5.74, 6) is 4.34. The predicted octanol–water partition coefficient (Wildman–Crippen LogP) is -0.703. The fraction of sp³-hybridized carbons (Fsp3) is 0.357. The zero-order valence-electron chi connectivity index (χ0n) is 12.9. The number of carbonyl (C=O) groups is 2. The Morgan fingerprint density at radius 3 is 2.43 bits per heavy atom. The van der Waals surface area contributed by atoms with Crippen LogP contribution in [0.2, 0.25) is 0 Å². The normalized spacial score (nSPS) is 11.2. The number of nitrogens with two attached hydrogens (primary N) is 3.